The average Bonchev–Trinajstić information content (AvgIpc) is 2.41. The van der Waals surface area contributed by atoms with Crippen molar-refractivity contribution in [2.45, 2.75) is 31.7 Å². The monoisotopic (exact) mass is 203 g/mol. The smallest absolute Gasteiger partial charge is 0.232 e. The molecule has 13 heavy (non-hydrogen) atoms. The zero-order chi connectivity index (χ0) is 9.68. The normalized spacial score (nSPS) is 24.2. The van der Waals surface area contributed by atoms with Crippen molar-refractivity contribution in [3.63, 3.8) is 0 Å². The number of aliphatic hydroxyl groups excluding tert-OH is 1. The molecular formula is C9H17NO2S. The van der Waals surface area contributed by atoms with Gasteiger partial charge in [0, 0.05) is 6.54 Å². The van der Waals surface area contributed by atoms with Crippen molar-refractivity contribution in [3.8, 4) is 0 Å². The van der Waals surface area contributed by atoms with Gasteiger partial charge in [0.05, 0.1) is 18.4 Å². The number of aliphatic hydroxyl groups is 1. The molecule has 4 heteroatoms. The molecule has 1 rings (SSSR count). The van der Waals surface area contributed by atoms with Gasteiger partial charge in [-0.25, -0.2) is 0 Å². The molecule has 0 aliphatic carbocycles. The first kappa shape index (κ1) is 10.9. The van der Waals surface area contributed by atoms with E-state index < -0.39 is 0 Å². The summed E-state index contributed by atoms with van der Waals surface area (Å²) < 4.78 is 0. The number of likely N-dealkylation sites (tertiary alicyclic amines) is 1. The summed E-state index contributed by atoms with van der Waals surface area (Å²) in [6.07, 6.45) is 4.25. The maximum Gasteiger partial charge on any atom is 0.232 e. The molecule has 0 spiro atoms. The number of thiol groups is 1. The largest absolute Gasteiger partial charge is 0.394 e. The van der Waals surface area contributed by atoms with Gasteiger partial charge in [0.1, 0.15) is 0 Å². The Hall–Kier alpha value is -0.220. The zero-order valence-corrected chi connectivity index (χ0v) is 8.67. The predicted octanol–water partition coefficient (Wildman–Crippen LogP) is 0.680. The van der Waals surface area contributed by atoms with Gasteiger partial charge < -0.3 is 10.0 Å². The molecule has 0 saturated carbocycles. The maximum absolute atomic E-state index is 11.4. The standard InChI is InChI=1S/C9H17NO2S/c11-6-8-4-2-1-3-5-10(8)9(12)7-13/h8,11,13H,1-7H2. The molecule has 1 fully saturated rings. The fraction of sp³-hybridized carbons (Fsp3) is 0.889. The molecule has 3 nitrogen and oxygen atoms in total. The van der Waals surface area contributed by atoms with Crippen molar-refractivity contribution >= 4 is 18.5 Å². The van der Waals surface area contributed by atoms with Crippen molar-refractivity contribution in [2.24, 2.45) is 0 Å². The number of nitrogens with zero attached hydrogens (tertiary/aromatic N) is 1. The fourth-order valence-electron chi connectivity index (χ4n) is 1.79. The molecule has 1 N–H and O–H groups in total. The van der Waals surface area contributed by atoms with Crippen molar-refractivity contribution in [1.29, 1.82) is 0 Å². The van der Waals surface area contributed by atoms with Crippen LogP contribution in [0, 0.1) is 0 Å². The second-order valence-electron chi connectivity index (χ2n) is 3.43. The fourth-order valence-corrected chi connectivity index (χ4v) is 1.97. The molecule has 1 saturated heterocycles. The first-order valence-electron chi connectivity index (χ1n) is 4.80. The van der Waals surface area contributed by atoms with Gasteiger partial charge in [-0.15, -0.1) is 0 Å². The molecular weight excluding hydrogens is 186 g/mol. The predicted molar refractivity (Wildman–Crippen MR) is 54.9 cm³/mol. The van der Waals surface area contributed by atoms with Crippen LogP contribution in [0.4, 0.5) is 0 Å². The minimum absolute atomic E-state index is 0.0298. The third-order valence-electron chi connectivity index (χ3n) is 2.54. The number of hydrogen-bond acceptors (Lipinski definition) is 3. The minimum atomic E-state index is 0.0298. The van der Waals surface area contributed by atoms with E-state index in [1.54, 1.807) is 4.90 Å². The summed E-state index contributed by atoms with van der Waals surface area (Å²) in [7, 11) is 0. The third-order valence-corrected chi connectivity index (χ3v) is 2.81. The van der Waals surface area contributed by atoms with Crippen LogP contribution in [0.5, 0.6) is 0 Å². The summed E-state index contributed by atoms with van der Waals surface area (Å²) in [6, 6.07) is 0.0298. The average molecular weight is 203 g/mol. The number of amides is 1. The van der Waals surface area contributed by atoms with E-state index in [0.717, 1.165) is 32.2 Å². The molecule has 1 aliphatic rings. The molecule has 1 heterocycles. The lowest BCUT2D eigenvalue weighted by molar-refractivity contribution is -0.131. The van der Waals surface area contributed by atoms with Crippen molar-refractivity contribution in [2.75, 3.05) is 18.9 Å². The minimum Gasteiger partial charge on any atom is -0.394 e. The summed E-state index contributed by atoms with van der Waals surface area (Å²) in [6.45, 7) is 0.865. The Morgan fingerprint density at radius 3 is 2.85 bits per heavy atom. The van der Waals surface area contributed by atoms with E-state index in [4.69, 9.17) is 5.11 Å². The molecule has 0 aromatic rings. The SMILES string of the molecule is O=C(CS)N1CCCCCC1CO. The number of rotatable bonds is 2. The molecule has 76 valence electrons. The summed E-state index contributed by atoms with van der Waals surface area (Å²) in [5.41, 5.74) is 0. The summed E-state index contributed by atoms with van der Waals surface area (Å²) in [4.78, 5) is 13.2. The first-order chi connectivity index (χ1) is 6.29. The number of carbonyl (C=O) groups excluding carboxylic acids is 1. The molecule has 1 aliphatic heterocycles. The van der Waals surface area contributed by atoms with Crippen LogP contribution in [0.3, 0.4) is 0 Å². The van der Waals surface area contributed by atoms with E-state index >= 15 is 0 Å². The molecule has 0 aromatic heterocycles. The summed E-state index contributed by atoms with van der Waals surface area (Å²) in [5, 5.41) is 9.11. The lowest BCUT2D eigenvalue weighted by Gasteiger charge is -2.28. The van der Waals surface area contributed by atoms with Crippen LogP contribution in [0.15, 0.2) is 0 Å². The lowest BCUT2D eigenvalue weighted by atomic mass is 10.1. The van der Waals surface area contributed by atoms with Crippen LogP contribution in [-0.4, -0.2) is 40.9 Å². The first-order valence-corrected chi connectivity index (χ1v) is 5.44. The molecule has 0 aromatic carbocycles. The highest BCUT2D eigenvalue weighted by atomic mass is 32.1. The van der Waals surface area contributed by atoms with Crippen molar-refractivity contribution in [3.05, 3.63) is 0 Å². The van der Waals surface area contributed by atoms with Gasteiger partial charge in [-0.1, -0.05) is 12.8 Å². The molecule has 1 atom stereocenters. The van der Waals surface area contributed by atoms with Crippen molar-refractivity contribution in [1.82, 2.24) is 4.90 Å². The van der Waals surface area contributed by atoms with Gasteiger partial charge >= 0.3 is 0 Å². The van der Waals surface area contributed by atoms with Crippen LogP contribution in [0.2, 0.25) is 0 Å². The highest BCUT2D eigenvalue weighted by Crippen LogP contribution is 2.16. The van der Waals surface area contributed by atoms with Crippen LogP contribution in [0.1, 0.15) is 25.7 Å². The molecule has 1 unspecified atom stereocenters. The quantitative estimate of drug-likeness (QED) is 0.648. The van der Waals surface area contributed by atoms with E-state index in [2.05, 4.69) is 12.6 Å². The van der Waals surface area contributed by atoms with Crippen LogP contribution in [0.25, 0.3) is 0 Å². The van der Waals surface area contributed by atoms with Crippen molar-refractivity contribution < 1.29 is 9.90 Å². The van der Waals surface area contributed by atoms with E-state index in [-0.39, 0.29) is 24.3 Å². The Morgan fingerprint density at radius 1 is 1.46 bits per heavy atom. The lowest BCUT2D eigenvalue weighted by Crippen LogP contribution is -2.42. The Labute approximate surface area is 84.5 Å². The van der Waals surface area contributed by atoms with Gasteiger partial charge in [-0.2, -0.15) is 12.6 Å². The van der Waals surface area contributed by atoms with Gasteiger partial charge in [0.15, 0.2) is 0 Å². The van der Waals surface area contributed by atoms with Gasteiger partial charge in [0.25, 0.3) is 0 Å². The van der Waals surface area contributed by atoms with Crippen LogP contribution in [-0.2, 0) is 4.79 Å². The van der Waals surface area contributed by atoms with Gasteiger partial charge in [-0.05, 0) is 12.8 Å². The Balaban J connectivity index is 2.58. The Bertz CT molecular complexity index is 175. The third kappa shape index (κ3) is 2.88. The highest BCUT2D eigenvalue weighted by molar-refractivity contribution is 7.81. The van der Waals surface area contributed by atoms with E-state index in [1.807, 2.05) is 0 Å². The van der Waals surface area contributed by atoms with Gasteiger partial charge in [0.2, 0.25) is 5.91 Å². The Morgan fingerprint density at radius 2 is 2.23 bits per heavy atom. The van der Waals surface area contributed by atoms with E-state index in [1.165, 1.54) is 0 Å². The van der Waals surface area contributed by atoms with E-state index in [9.17, 15) is 4.79 Å². The molecule has 0 bridgehead atoms. The summed E-state index contributed by atoms with van der Waals surface area (Å²) >= 11 is 3.97. The topological polar surface area (TPSA) is 40.5 Å². The molecule has 0 radical (unpaired) electrons. The summed E-state index contributed by atoms with van der Waals surface area (Å²) in [5.74, 6) is 0.292. The maximum atomic E-state index is 11.4. The van der Waals surface area contributed by atoms with Gasteiger partial charge in [-0.3, -0.25) is 4.79 Å². The van der Waals surface area contributed by atoms with Crippen LogP contribution < -0.4 is 0 Å². The number of hydrogen-bond donors (Lipinski definition) is 2. The second kappa shape index (κ2) is 5.50. The Kier molecular flexibility index (Phi) is 4.59. The second-order valence-corrected chi connectivity index (χ2v) is 3.75. The van der Waals surface area contributed by atoms with Crippen LogP contribution >= 0.6 is 12.6 Å². The zero-order valence-electron chi connectivity index (χ0n) is 7.78. The highest BCUT2D eigenvalue weighted by Gasteiger charge is 2.23. The molecule has 1 amide bonds. The van der Waals surface area contributed by atoms with E-state index in [0.29, 0.717) is 0 Å². The number of carbonyl (C=O) groups is 1.